The van der Waals surface area contributed by atoms with Crippen LogP contribution in [0.15, 0.2) is 0 Å². The van der Waals surface area contributed by atoms with E-state index in [9.17, 15) is 15.2 Å². The molecule has 2 atom stereocenters. The van der Waals surface area contributed by atoms with Crippen molar-refractivity contribution in [2.24, 2.45) is 5.41 Å². The Labute approximate surface area is 121 Å². The molecule has 2 unspecified atom stereocenters. The molecule has 0 bridgehead atoms. The molecule has 1 aliphatic carbocycles. The SMILES string of the molecule is CN(C)CC1CC(O)CN1C(=O)C1(C#N)CCCCC1. The van der Waals surface area contributed by atoms with Gasteiger partial charge in [-0.05, 0) is 33.4 Å². The van der Waals surface area contributed by atoms with Crippen LogP contribution >= 0.6 is 0 Å². The van der Waals surface area contributed by atoms with Crippen molar-refractivity contribution in [2.75, 3.05) is 27.2 Å². The van der Waals surface area contributed by atoms with Crippen molar-refractivity contribution in [2.45, 2.75) is 50.7 Å². The van der Waals surface area contributed by atoms with Crippen LogP contribution < -0.4 is 0 Å². The third-order valence-corrected chi connectivity index (χ3v) is 4.56. The van der Waals surface area contributed by atoms with Gasteiger partial charge in [0.1, 0.15) is 5.41 Å². The molecule has 0 aromatic carbocycles. The lowest BCUT2D eigenvalue weighted by molar-refractivity contribution is -0.142. The van der Waals surface area contributed by atoms with Crippen LogP contribution in [0, 0.1) is 16.7 Å². The summed E-state index contributed by atoms with van der Waals surface area (Å²) in [6, 6.07) is 2.32. The highest BCUT2D eigenvalue weighted by atomic mass is 16.3. The molecular formula is C15H25N3O2. The number of β-amino-alcohol motifs (C(OH)–C–C–N with tert-alkyl or cyclic N) is 1. The van der Waals surface area contributed by atoms with Gasteiger partial charge >= 0.3 is 0 Å². The Balaban J connectivity index is 2.15. The van der Waals surface area contributed by atoms with Crippen molar-refractivity contribution in [3.05, 3.63) is 0 Å². The zero-order valence-corrected chi connectivity index (χ0v) is 12.5. The summed E-state index contributed by atoms with van der Waals surface area (Å²) in [6.07, 6.45) is 4.52. The number of likely N-dealkylation sites (N-methyl/N-ethyl adjacent to an activating group) is 1. The van der Waals surface area contributed by atoms with Gasteiger partial charge in [-0.15, -0.1) is 0 Å². The molecule has 1 heterocycles. The topological polar surface area (TPSA) is 67.6 Å². The van der Waals surface area contributed by atoms with Crippen molar-refractivity contribution in [1.82, 2.24) is 9.80 Å². The molecule has 5 heteroatoms. The van der Waals surface area contributed by atoms with E-state index in [0.29, 0.717) is 25.8 Å². The van der Waals surface area contributed by atoms with E-state index in [1.165, 1.54) is 0 Å². The van der Waals surface area contributed by atoms with Gasteiger partial charge in [0.05, 0.1) is 12.2 Å². The lowest BCUT2D eigenvalue weighted by Gasteiger charge is -2.36. The van der Waals surface area contributed by atoms with Crippen molar-refractivity contribution in [3.8, 4) is 6.07 Å². The van der Waals surface area contributed by atoms with Crippen LogP contribution in [0.25, 0.3) is 0 Å². The maximum Gasteiger partial charge on any atom is 0.243 e. The molecule has 2 aliphatic rings. The molecule has 0 radical (unpaired) electrons. The molecule has 0 aromatic rings. The van der Waals surface area contributed by atoms with Gasteiger partial charge in [-0.1, -0.05) is 19.3 Å². The van der Waals surface area contributed by atoms with Crippen LogP contribution in [0.1, 0.15) is 38.5 Å². The second-order valence-electron chi connectivity index (χ2n) is 6.52. The number of amides is 1. The molecule has 20 heavy (non-hydrogen) atoms. The van der Waals surface area contributed by atoms with E-state index in [-0.39, 0.29) is 11.9 Å². The zero-order chi connectivity index (χ0) is 14.8. The molecule has 0 spiro atoms. The number of nitriles is 1. The van der Waals surface area contributed by atoms with E-state index >= 15 is 0 Å². The Morgan fingerprint density at radius 1 is 1.40 bits per heavy atom. The summed E-state index contributed by atoms with van der Waals surface area (Å²) in [5, 5.41) is 19.4. The van der Waals surface area contributed by atoms with E-state index in [0.717, 1.165) is 25.8 Å². The molecule has 112 valence electrons. The van der Waals surface area contributed by atoms with Crippen LogP contribution in [-0.4, -0.2) is 60.1 Å². The van der Waals surface area contributed by atoms with E-state index in [1.807, 2.05) is 19.0 Å². The Kier molecular flexibility index (Phi) is 4.66. The van der Waals surface area contributed by atoms with Gasteiger partial charge in [0.15, 0.2) is 0 Å². The molecular weight excluding hydrogens is 254 g/mol. The highest BCUT2D eigenvalue weighted by Crippen LogP contribution is 2.39. The number of aliphatic hydroxyl groups excluding tert-OH is 1. The van der Waals surface area contributed by atoms with Gasteiger partial charge in [-0.3, -0.25) is 4.79 Å². The Morgan fingerprint density at radius 3 is 2.60 bits per heavy atom. The minimum Gasteiger partial charge on any atom is -0.391 e. The number of likely N-dealkylation sites (tertiary alicyclic amines) is 1. The quantitative estimate of drug-likeness (QED) is 0.836. The van der Waals surface area contributed by atoms with E-state index < -0.39 is 11.5 Å². The normalized spacial score (nSPS) is 29.4. The summed E-state index contributed by atoms with van der Waals surface area (Å²) in [5.41, 5.74) is -0.840. The van der Waals surface area contributed by atoms with Crippen LogP contribution in [0.5, 0.6) is 0 Å². The molecule has 1 amide bonds. The van der Waals surface area contributed by atoms with E-state index in [4.69, 9.17) is 0 Å². The first-order valence-corrected chi connectivity index (χ1v) is 7.53. The number of carbonyl (C=O) groups excluding carboxylic acids is 1. The number of carbonyl (C=O) groups is 1. The van der Waals surface area contributed by atoms with Crippen molar-refractivity contribution >= 4 is 5.91 Å². The maximum atomic E-state index is 12.9. The monoisotopic (exact) mass is 279 g/mol. The molecule has 1 N–H and O–H groups in total. The lowest BCUT2D eigenvalue weighted by Crippen LogP contribution is -2.49. The summed E-state index contributed by atoms with van der Waals surface area (Å²) < 4.78 is 0. The summed E-state index contributed by atoms with van der Waals surface area (Å²) in [5.74, 6) is -0.0527. The first-order valence-electron chi connectivity index (χ1n) is 7.53. The fraction of sp³-hybridized carbons (Fsp3) is 0.867. The van der Waals surface area contributed by atoms with Crippen LogP contribution in [0.2, 0.25) is 0 Å². The minimum atomic E-state index is -0.840. The van der Waals surface area contributed by atoms with Gasteiger partial charge < -0.3 is 14.9 Å². The summed E-state index contributed by atoms with van der Waals surface area (Å²) in [6.45, 7) is 1.12. The summed E-state index contributed by atoms with van der Waals surface area (Å²) >= 11 is 0. The molecule has 0 aromatic heterocycles. The van der Waals surface area contributed by atoms with Gasteiger partial charge in [0.25, 0.3) is 0 Å². The van der Waals surface area contributed by atoms with Crippen LogP contribution in [-0.2, 0) is 4.79 Å². The van der Waals surface area contributed by atoms with Gasteiger partial charge in [-0.25, -0.2) is 0 Å². The lowest BCUT2D eigenvalue weighted by atomic mass is 9.74. The minimum absolute atomic E-state index is 0.0275. The average molecular weight is 279 g/mol. The molecule has 1 aliphatic heterocycles. The van der Waals surface area contributed by atoms with Crippen LogP contribution in [0.3, 0.4) is 0 Å². The second-order valence-corrected chi connectivity index (χ2v) is 6.52. The number of hydrogen-bond acceptors (Lipinski definition) is 4. The van der Waals surface area contributed by atoms with Gasteiger partial charge in [0.2, 0.25) is 5.91 Å². The zero-order valence-electron chi connectivity index (χ0n) is 12.5. The predicted octanol–water partition coefficient (Wildman–Crippen LogP) is 0.984. The number of hydrogen-bond donors (Lipinski definition) is 1. The third-order valence-electron chi connectivity index (χ3n) is 4.56. The Morgan fingerprint density at radius 2 is 2.05 bits per heavy atom. The standard InChI is InChI=1S/C15H25N3O2/c1-17(2)9-12-8-13(19)10-18(12)14(20)15(11-16)6-4-3-5-7-15/h12-13,19H,3-10H2,1-2H3. The smallest absolute Gasteiger partial charge is 0.243 e. The summed E-state index contributed by atoms with van der Waals surface area (Å²) in [4.78, 5) is 16.7. The third kappa shape index (κ3) is 2.97. The number of nitrogens with zero attached hydrogens (tertiary/aromatic N) is 3. The van der Waals surface area contributed by atoms with Gasteiger partial charge in [0, 0.05) is 19.1 Å². The van der Waals surface area contributed by atoms with Crippen molar-refractivity contribution in [1.29, 1.82) is 5.26 Å². The fourth-order valence-electron chi connectivity index (χ4n) is 3.54. The molecule has 1 saturated carbocycles. The molecule has 2 fully saturated rings. The summed E-state index contributed by atoms with van der Waals surface area (Å²) in [7, 11) is 3.93. The van der Waals surface area contributed by atoms with E-state index in [2.05, 4.69) is 6.07 Å². The molecule has 2 rings (SSSR count). The van der Waals surface area contributed by atoms with Crippen molar-refractivity contribution in [3.63, 3.8) is 0 Å². The highest BCUT2D eigenvalue weighted by Gasteiger charge is 2.46. The molecule has 1 saturated heterocycles. The maximum absolute atomic E-state index is 12.9. The van der Waals surface area contributed by atoms with E-state index in [1.54, 1.807) is 4.90 Å². The largest absolute Gasteiger partial charge is 0.391 e. The number of rotatable bonds is 3. The predicted molar refractivity (Wildman–Crippen MR) is 75.8 cm³/mol. The first-order chi connectivity index (χ1) is 9.48. The Bertz CT molecular complexity index is 396. The second kappa shape index (κ2) is 6.11. The highest BCUT2D eigenvalue weighted by molar-refractivity contribution is 5.86. The first kappa shape index (κ1) is 15.3. The Hall–Kier alpha value is -1.12. The van der Waals surface area contributed by atoms with Crippen molar-refractivity contribution < 1.29 is 9.90 Å². The molecule has 5 nitrogen and oxygen atoms in total. The van der Waals surface area contributed by atoms with Crippen LogP contribution in [0.4, 0.5) is 0 Å². The number of aliphatic hydroxyl groups is 1. The fourth-order valence-corrected chi connectivity index (χ4v) is 3.54. The van der Waals surface area contributed by atoms with Gasteiger partial charge in [-0.2, -0.15) is 5.26 Å². The average Bonchev–Trinajstić information content (AvgIpc) is 2.78.